The third kappa shape index (κ3) is 3.82. The minimum Gasteiger partial charge on any atom is -0.394 e. The van der Waals surface area contributed by atoms with Crippen molar-refractivity contribution in [1.29, 1.82) is 0 Å². The summed E-state index contributed by atoms with van der Waals surface area (Å²) in [5.41, 5.74) is 1.93. The largest absolute Gasteiger partial charge is 0.394 e. The predicted octanol–water partition coefficient (Wildman–Crippen LogP) is 2.38. The molecule has 0 saturated carbocycles. The lowest BCUT2D eigenvalue weighted by molar-refractivity contribution is -0.373. The maximum Gasteiger partial charge on any atom is 0.184 e. The SMILES string of the molecule is Cc1cc(C2O[C@H]([C@H](O)CO)[C@@H]3OC(c4ccccc4)OC[C@@H]3O2)ccc1F. The molecule has 0 radical (unpaired) electrons. The van der Waals surface area contributed by atoms with Gasteiger partial charge in [-0.1, -0.05) is 36.4 Å². The zero-order chi connectivity index (χ0) is 19.7. The summed E-state index contributed by atoms with van der Waals surface area (Å²) in [4.78, 5) is 0. The van der Waals surface area contributed by atoms with Crippen LogP contribution in [0, 0.1) is 12.7 Å². The summed E-state index contributed by atoms with van der Waals surface area (Å²) in [5.74, 6) is -0.320. The molecule has 4 rings (SSSR count). The Morgan fingerprint density at radius 2 is 1.82 bits per heavy atom. The van der Waals surface area contributed by atoms with Crippen LogP contribution >= 0.6 is 0 Å². The number of rotatable bonds is 4. The topological polar surface area (TPSA) is 77.4 Å². The number of halogens is 1. The third-order valence-electron chi connectivity index (χ3n) is 5.05. The molecule has 2 aliphatic heterocycles. The fraction of sp³-hybridized carbons (Fsp3) is 0.429. The highest BCUT2D eigenvalue weighted by Crippen LogP contribution is 2.39. The number of fused-ring (bicyclic) bond motifs is 1. The normalized spacial score (nSPS) is 31.2. The molecule has 6 nitrogen and oxygen atoms in total. The Bertz CT molecular complexity index is 801. The van der Waals surface area contributed by atoms with E-state index in [1.807, 2.05) is 30.3 Å². The van der Waals surface area contributed by atoms with E-state index in [0.717, 1.165) is 5.56 Å². The number of ether oxygens (including phenoxy) is 4. The second-order valence-corrected chi connectivity index (χ2v) is 7.04. The summed E-state index contributed by atoms with van der Waals surface area (Å²) in [7, 11) is 0. The number of hydrogen-bond acceptors (Lipinski definition) is 6. The van der Waals surface area contributed by atoms with Gasteiger partial charge in [0.1, 0.15) is 30.2 Å². The van der Waals surface area contributed by atoms with E-state index in [1.165, 1.54) is 6.07 Å². The quantitative estimate of drug-likeness (QED) is 0.835. The van der Waals surface area contributed by atoms with Gasteiger partial charge in [0.05, 0.1) is 13.2 Å². The smallest absolute Gasteiger partial charge is 0.184 e. The minimum absolute atomic E-state index is 0.235. The van der Waals surface area contributed by atoms with Crippen LogP contribution < -0.4 is 0 Å². The van der Waals surface area contributed by atoms with Crippen LogP contribution in [0.5, 0.6) is 0 Å². The van der Waals surface area contributed by atoms with Gasteiger partial charge in [-0.15, -0.1) is 0 Å². The van der Waals surface area contributed by atoms with E-state index >= 15 is 0 Å². The van der Waals surface area contributed by atoms with Crippen molar-refractivity contribution in [2.24, 2.45) is 0 Å². The van der Waals surface area contributed by atoms with Gasteiger partial charge in [-0.25, -0.2) is 4.39 Å². The summed E-state index contributed by atoms with van der Waals surface area (Å²) >= 11 is 0. The van der Waals surface area contributed by atoms with Gasteiger partial charge in [0.2, 0.25) is 0 Å². The molecule has 150 valence electrons. The van der Waals surface area contributed by atoms with Gasteiger partial charge in [0, 0.05) is 11.1 Å². The zero-order valence-corrected chi connectivity index (χ0v) is 15.4. The fourth-order valence-electron chi connectivity index (χ4n) is 3.53. The van der Waals surface area contributed by atoms with Crippen LogP contribution in [0.4, 0.5) is 4.39 Å². The molecule has 2 aromatic carbocycles. The molecule has 0 spiro atoms. The van der Waals surface area contributed by atoms with Crippen molar-refractivity contribution in [3.63, 3.8) is 0 Å². The van der Waals surface area contributed by atoms with Crippen LogP contribution in [0.25, 0.3) is 0 Å². The average Bonchev–Trinajstić information content (AvgIpc) is 2.74. The first-order valence-electron chi connectivity index (χ1n) is 9.24. The van der Waals surface area contributed by atoms with Crippen LogP contribution in [0.3, 0.4) is 0 Å². The molecular weight excluding hydrogens is 367 g/mol. The molecule has 2 saturated heterocycles. The minimum atomic E-state index is -1.16. The highest BCUT2D eigenvalue weighted by molar-refractivity contribution is 5.25. The molecule has 2 unspecified atom stereocenters. The van der Waals surface area contributed by atoms with Crippen molar-refractivity contribution >= 4 is 0 Å². The first-order chi connectivity index (χ1) is 13.6. The van der Waals surface area contributed by atoms with E-state index in [4.69, 9.17) is 18.9 Å². The molecule has 2 heterocycles. The fourth-order valence-corrected chi connectivity index (χ4v) is 3.53. The van der Waals surface area contributed by atoms with Crippen molar-refractivity contribution in [1.82, 2.24) is 0 Å². The summed E-state index contributed by atoms with van der Waals surface area (Å²) < 4.78 is 37.4. The van der Waals surface area contributed by atoms with Crippen molar-refractivity contribution in [2.45, 2.75) is 43.9 Å². The van der Waals surface area contributed by atoms with E-state index in [9.17, 15) is 14.6 Å². The maximum absolute atomic E-state index is 13.6. The van der Waals surface area contributed by atoms with Gasteiger partial charge in [-0.3, -0.25) is 0 Å². The van der Waals surface area contributed by atoms with Gasteiger partial charge >= 0.3 is 0 Å². The standard InChI is InChI=1S/C21H23FO6/c1-12-9-14(7-8-15(12)22)21-26-17-11-25-20(13-5-3-2-4-6-13)28-19(17)18(27-21)16(24)10-23/h2-9,16-21,23-24H,10-11H2,1H3/t16-,17+,18-,19-,20?,21?/m1/s1. The van der Waals surface area contributed by atoms with Crippen molar-refractivity contribution in [3.05, 3.63) is 71.0 Å². The molecular formula is C21H23FO6. The first-order valence-corrected chi connectivity index (χ1v) is 9.24. The highest BCUT2D eigenvalue weighted by Gasteiger charge is 2.48. The Balaban J connectivity index is 1.57. The van der Waals surface area contributed by atoms with Gasteiger partial charge in [0.15, 0.2) is 12.6 Å². The number of hydrogen-bond donors (Lipinski definition) is 2. The van der Waals surface area contributed by atoms with Crippen LogP contribution in [0.2, 0.25) is 0 Å². The Hall–Kier alpha value is -1.87. The molecule has 0 amide bonds. The maximum atomic E-state index is 13.6. The Kier molecular flexibility index (Phi) is 5.73. The van der Waals surface area contributed by atoms with E-state index in [2.05, 4.69) is 0 Å². The van der Waals surface area contributed by atoms with Crippen LogP contribution in [0.1, 0.15) is 29.3 Å². The summed E-state index contributed by atoms with van der Waals surface area (Å²) in [6, 6.07) is 14.0. The van der Waals surface area contributed by atoms with Gasteiger partial charge in [-0.2, -0.15) is 0 Å². The Morgan fingerprint density at radius 1 is 1.04 bits per heavy atom. The van der Waals surface area contributed by atoms with E-state index in [1.54, 1.807) is 19.1 Å². The average molecular weight is 390 g/mol. The summed E-state index contributed by atoms with van der Waals surface area (Å²) in [5, 5.41) is 19.8. The summed E-state index contributed by atoms with van der Waals surface area (Å²) in [6.45, 7) is 1.41. The second-order valence-electron chi connectivity index (χ2n) is 7.04. The van der Waals surface area contributed by atoms with Crippen LogP contribution in [-0.4, -0.2) is 47.8 Å². The molecule has 2 N–H and O–H groups in total. The van der Waals surface area contributed by atoms with Crippen LogP contribution in [-0.2, 0) is 18.9 Å². The number of aliphatic hydroxyl groups excluding tert-OH is 2. The number of aryl methyl sites for hydroxylation is 1. The lowest BCUT2D eigenvalue weighted by atomic mass is 9.99. The van der Waals surface area contributed by atoms with E-state index in [0.29, 0.717) is 11.1 Å². The monoisotopic (exact) mass is 390 g/mol. The van der Waals surface area contributed by atoms with Gasteiger partial charge in [0.25, 0.3) is 0 Å². The van der Waals surface area contributed by atoms with Crippen LogP contribution in [0.15, 0.2) is 48.5 Å². The van der Waals surface area contributed by atoms with Gasteiger partial charge < -0.3 is 29.2 Å². The molecule has 2 aromatic rings. The molecule has 6 atom stereocenters. The molecule has 0 aliphatic carbocycles. The molecule has 2 aliphatic rings. The molecule has 0 aromatic heterocycles. The van der Waals surface area contributed by atoms with E-state index in [-0.39, 0.29) is 12.4 Å². The number of benzene rings is 2. The van der Waals surface area contributed by atoms with Gasteiger partial charge in [-0.05, 0) is 24.6 Å². The van der Waals surface area contributed by atoms with E-state index < -0.39 is 43.6 Å². The third-order valence-corrected chi connectivity index (χ3v) is 5.05. The predicted molar refractivity (Wildman–Crippen MR) is 96.7 cm³/mol. The molecule has 2 fully saturated rings. The summed E-state index contributed by atoms with van der Waals surface area (Å²) in [6.07, 6.45) is -4.56. The molecule has 28 heavy (non-hydrogen) atoms. The van der Waals surface area contributed by atoms with Crippen molar-refractivity contribution in [2.75, 3.05) is 13.2 Å². The Labute approximate surface area is 162 Å². The lowest BCUT2D eigenvalue weighted by Crippen LogP contribution is -2.58. The lowest BCUT2D eigenvalue weighted by Gasteiger charge is -2.47. The zero-order valence-electron chi connectivity index (χ0n) is 15.4. The second kappa shape index (κ2) is 8.24. The molecule has 7 heteroatoms. The number of aliphatic hydroxyl groups is 2. The highest BCUT2D eigenvalue weighted by atomic mass is 19.1. The van der Waals surface area contributed by atoms with Crippen molar-refractivity contribution < 1.29 is 33.6 Å². The Morgan fingerprint density at radius 3 is 2.54 bits per heavy atom. The van der Waals surface area contributed by atoms with Crippen molar-refractivity contribution in [3.8, 4) is 0 Å². The molecule has 0 bridgehead atoms. The first kappa shape index (κ1) is 19.4.